The lowest BCUT2D eigenvalue weighted by Gasteiger charge is -2.25. The summed E-state index contributed by atoms with van der Waals surface area (Å²) in [4.78, 5) is 29.2. The van der Waals surface area contributed by atoms with Crippen LogP contribution in [-0.4, -0.2) is 36.7 Å². The molecule has 0 aliphatic carbocycles. The van der Waals surface area contributed by atoms with Crippen molar-refractivity contribution < 1.29 is 18.7 Å². The zero-order valence-corrected chi connectivity index (χ0v) is 22.2. The van der Waals surface area contributed by atoms with Gasteiger partial charge in [-0.05, 0) is 87.4 Å². The highest BCUT2D eigenvalue weighted by Gasteiger charge is 2.42. The first-order valence-electron chi connectivity index (χ1n) is 12.9. The van der Waals surface area contributed by atoms with Crippen LogP contribution in [0.1, 0.15) is 79.4 Å². The van der Waals surface area contributed by atoms with Crippen molar-refractivity contribution in [3.05, 3.63) is 74.6 Å². The number of rotatable bonds is 10. The van der Waals surface area contributed by atoms with E-state index >= 15 is 0 Å². The molecular weight excluding hydrogens is 454 g/mol. The van der Waals surface area contributed by atoms with Gasteiger partial charge in [0, 0.05) is 13.2 Å². The smallest absolute Gasteiger partial charge is 0.290 e. The van der Waals surface area contributed by atoms with Crippen LogP contribution in [0.3, 0.4) is 0 Å². The van der Waals surface area contributed by atoms with E-state index in [1.165, 1.54) is 0 Å². The first-order chi connectivity index (χ1) is 17.2. The Hall–Kier alpha value is -3.12. The molecule has 192 valence electrons. The van der Waals surface area contributed by atoms with Crippen molar-refractivity contribution in [3.8, 4) is 5.75 Å². The molecule has 1 aliphatic rings. The van der Waals surface area contributed by atoms with Gasteiger partial charge in [-0.1, -0.05) is 26.0 Å². The molecule has 1 amide bonds. The van der Waals surface area contributed by atoms with E-state index < -0.39 is 6.04 Å². The molecule has 3 aromatic rings. The zero-order chi connectivity index (χ0) is 26.0. The summed E-state index contributed by atoms with van der Waals surface area (Å²) < 4.78 is 17.8. The Morgan fingerprint density at radius 3 is 2.47 bits per heavy atom. The van der Waals surface area contributed by atoms with E-state index in [0.717, 1.165) is 28.9 Å². The second-order valence-electron chi connectivity index (χ2n) is 10.4. The molecule has 6 nitrogen and oxygen atoms in total. The molecule has 0 saturated carbocycles. The average Bonchev–Trinajstić information content (AvgIpc) is 3.10. The number of hydrogen-bond donors (Lipinski definition) is 0. The summed E-state index contributed by atoms with van der Waals surface area (Å²) in [6.07, 6.45) is 1.72. The van der Waals surface area contributed by atoms with Crippen LogP contribution in [0.15, 0.2) is 45.6 Å². The lowest BCUT2D eigenvalue weighted by atomic mass is 9.97. The number of carbonyl (C=O) groups is 1. The molecule has 0 fully saturated rings. The fraction of sp³-hybridized carbons (Fsp3) is 0.467. The van der Waals surface area contributed by atoms with Crippen LogP contribution in [0, 0.1) is 19.8 Å². The lowest BCUT2D eigenvalue weighted by molar-refractivity contribution is 0.0593. The fourth-order valence-corrected chi connectivity index (χ4v) is 4.59. The number of aryl methyl sites for hydroxylation is 2. The highest BCUT2D eigenvalue weighted by molar-refractivity contribution is 5.99. The Balaban J connectivity index is 1.77. The van der Waals surface area contributed by atoms with Crippen LogP contribution in [0.25, 0.3) is 11.0 Å². The minimum Gasteiger partial charge on any atom is -0.494 e. The molecule has 36 heavy (non-hydrogen) atoms. The maximum absolute atomic E-state index is 13.8. The van der Waals surface area contributed by atoms with Crippen molar-refractivity contribution in [2.24, 2.45) is 5.92 Å². The predicted molar refractivity (Wildman–Crippen MR) is 142 cm³/mol. The van der Waals surface area contributed by atoms with Gasteiger partial charge in [0.25, 0.3) is 5.91 Å². The first kappa shape index (κ1) is 26.0. The molecule has 1 atom stereocenters. The van der Waals surface area contributed by atoms with Gasteiger partial charge in [0.15, 0.2) is 5.43 Å². The predicted octanol–water partition coefficient (Wildman–Crippen LogP) is 6.20. The summed E-state index contributed by atoms with van der Waals surface area (Å²) in [6.45, 7) is 13.8. The highest BCUT2D eigenvalue weighted by atomic mass is 16.5. The molecular formula is C30H37NO5. The molecule has 1 aliphatic heterocycles. The molecule has 0 saturated heterocycles. The maximum Gasteiger partial charge on any atom is 0.290 e. The summed E-state index contributed by atoms with van der Waals surface area (Å²) in [7, 11) is 0. The van der Waals surface area contributed by atoms with Crippen LogP contribution in [0.2, 0.25) is 0 Å². The van der Waals surface area contributed by atoms with Gasteiger partial charge in [0.2, 0.25) is 5.76 Å². The Morgan fingerprint density at radius 2 is 1.75 bits per heavy atom. The third-order valence-electron chi connectivity index (χ3n) is 6.71. The van der Waals surface area contributed by atoms with Gasteiger partial charge in [0.05, 0.1) is 29.7 Å². The number of benzene rings is 2. The Morgan fingerprint density at radius 1 is 1.00 bits per heavy atom. The number of carbonyl (C=O) groups excluding carboxylic acids is 1. The molecule has 1 aromatic heterocycles. The fourth-order valence-electron chi connectivity index (χ4n) is 4.59. The number of nitrogens with zero attached hydrogens (tertiary/aromatic N) is 1. The normalized spacial score (nSPS) is 15.4. The van der Waals surface area contributed by atoms with Gasteiger partial charge in [0.1, 0.15) is 11.3 Å². The van der Waals surface area contributed by atoms with Crippen LogP contribution in [0.5, 0.6) is 5.75 Å². The van der Waals surface area contributed by atoms with E-state index in [9.17, 15) is 9.59 Å². The van der Waals surface area contributed by atoms with E-state index in [0.29, 0.717) is 48.6 Å². The van der Waals surface area contributed by atoms with E-state index in [4.69, 9.17) is 13.9 Å². The SMILES string of the molecule is Cc1cc2oc3c(c(=O)c2cc1C)C(c1cccc(OCCC(C)C)c1)N(CCCOC(C)C)C3=O. The van der Waals surface area contributed by atoms with Crippen LogP contribution < -0.4 is 10.2 Å². The van der Waals surface area contributed by atoms with Crippen molar-refractivity contribution in [1.82, 2.24) is 4.90 Å². The quantitative estimate of drug-likeness (QED) is 0.316. The van der Waals surface area contributed by atoms with Crippen molar-refractivity contribution >= 4 is 16.9 Å². The Labute approximate surface area is 213 Å². The van der Waals surface area contributed by atoms with Gasteiger partial charge in [-0.3, -0.25) is 9.59 Å². The molecule has 1 unspecified atom stereocenters. The topological polar surface area (TPSA) is 69.0 Å². The lowest BCUT2D eigenvalue weighted by Crippen LogP contribution is -2.31. The summed E-state index contributed by atoms with van der Waals surface area (Å²) in [5, 5.41) is 0.504. The van der Waals surface area contributed by atoms with E-state index in [1.54, 1.807) is 4.90 Å². The molecule has 2 heterocycles. The van der Waals surface area contributed by atoms with E-state index in [1.807, 2.05) is 64.1 Å². The Bertz CT molecular complexity index is 1310. The first-order valence-corrected chi connectivity index (χ1v) is 12.9. The molecule has 0 bridgehead atoms. The minimum atomic E-state index is -0.539. The third kappa shape index (κ3) is 5.34. The van der Waals surface area contributed by atoms with E-state index in [-0.39, 0.29) is 23.2 Å². The molecule has 0 N–H and O–H groups in total. The maximum atomic E-state index is 13.8. The van der Waals surface area contributed by atoms with Gasteiger partial charge in [-0.15, -0.1) is 0 Å². The monoisotopic (exact) mass is 491 g/mol. The van der Waals surface area contributed by atoms with Crippen molar-refractivity contribution in [2.75, 3.05) is 19.8 Å². The summed E-state index contributed by atoms with van der Waals surface area (Å²) in [5.41, 5.74) is 3.56. The van der Waals surface area contributed by atoms with Crippen LogP contribution in [0.4, 0.5) is 0 Å². The van der Waals surface area contributed by atoms with Crippen LogP contribution >= 0.6 is 0 Å². The number of ether oxygens (including phenoxy) is 2. The third-order valence-corrected chi connectivity index (χ3v) is 6.71. The second-order valence-corrected chi connectivity index (χ2v) is 10.4. The average molecular weight is 492 g/mol. The second kappa shape index (κ2) is 10.9. The number of amides is 1. The summed E-state index contributed by atoms with van der Waals surface area (Å²) in [6, 6.07) is 10.9. The largest absolute Gasteiger partial charge is 0.494 e. The van der Waals surface area contributed by atoms with Crippen molar-refractivity contribution in [1.29, 1.82) is 0 Å². The standard InChI is InChI=1S/C30H37NO5/c1-18(2)11-14-35-23-10-7-9-22(17-23)27-26-28(32)24-15-20(5)21(6)16-25(24)36-29(26)30(33)31(27)12-8-13-34-19(3)4/h7,9-10,15-19,27H,8,11-14H2,1-6H3. The minimum absolute atomic E-state index is 0.118. The number of fused-ring (bicyclic) bond motifs is 2. The Kier molecular flexibility index (Phi) is 7.84. The van der Waals surface area contributed by atoms with Gasteiger partial charge < -0.3 is 18.8 Å². The molecule has 0 radical (unpaired) electrons. The zero-order valence-electron chi connectivity index (χ0n) is 22.2. The van der Waals surface area contributed by atoms with Crippen LogP contribution in [-0.2, 0) is 4.74 Å². The van der Waals surface area contributed by atoms with Gasteiger partial charge in [-0.2, -0.15) is 0 Å². The van der Waals surface area contributed by atoms with Gasteiger partial charge >= 0.3 is 0 Å². The van der Waals surface area contributed by atoms with Gasteiger partial charge in [-0.25, -0.2) is 0 Å². The van der Waals surface area contributed by atoms with Crippen molar-refractivity contribution in [2.45, 2.75) is 66.5 Å². The molecule has 0 spiro atoms. The molecule has 4 rings (SSSR count). The molecule has 2 aromatic carbocycles. The molecule has 6 heteroatoms. The number of hydrogen-bond acceptors (Lipinski definition) is 5. The highest BCUT2D eigenvalue weighted by Crippen LogP contribution is 2.39. The van der Waals surface area contributed by atoms with Crippen molar-refractivity contribution in [3.63, 3.8) is 0 Å². The van der Waals surface area contributed by atoms with E-state index in [2.05, 4.69) is 13.8 Å². The summed E-state index contributed by atoms with van der Waals surface area (Å²) in [5.74, 6) is 1.15. The summed E-state index contributed by atoms with van der Waals surface area (Å²) >= 11 is 0.